The molecule has 1 fully saturated rings. The lowest BCUT2D eigenvalue weighted by atomic mass is 10.1. The molecule has 0 saturated carbocycles. The van der Waals surface area contributed by atoms with Crippen LogP contribution in [0.4, 0.5) is 4.39 Å². The normalized spacial score (nSPS) is 18.5. The molecule has 20 heavy (non-hydrogen) atoms. The maximum Gasteiger partial charge on any atom is 0.257 e. The Morgan fingerprint density at radius 3 is 3.00 bits per heavy atom. The number of halogens is 2. The van der Waals surface area contributed by atoms with Gasteiger partial charge in [-0.05, 0) is 43.2 Å². The molecule has 5 heteroatoms. The number of likely N-dealkylation sites (tertiary alicyclic amines) is 1. The molecule has 1 aromatic carbocycles. The molecule has 3 rings (SSSR count). The Kier molecular flexibility index (Phi) is 3.61. The van der Waals surface area contributed by atoms with E-state index in [4.69, 9.17) is 0 Å². The molecule has 1 aliphatic rings. The van der Waals surface area contributed by atoms with Crippen molar-refractivity contribution < 1.29 is 9.18 Å². The van der Waals surface area contributed by atoms with Crippen molar-refractivity contribution in [3.63, 3.8) is 0 Å². The average molecular weight is 337 g/mol. The second-order valence-corrected chi connectivity index (χ2v) is 5.82. The highest BCUT2D eigenvalue weighted by Gasteiger charge is 2.32. The van der Waals surface area contributed by atoms with Gasteiger partial charge in [-0.3, -0.25) is 4.79 Å². The minimum atomic E-state index is -0.477. The highest BCUT2D eigenvalue weighted by molar-refractivity contribution is 9.10. The molecule has 1 atom stereocenters. The van der Waals surface area contributed by atoms with Crippen molar-refractivity contribution in [2.75, 3.05) is 6.54 Å². The number of carbonyl (C=O) groups is 1. The Bertz CT molecular complexity index is 627. The molecule has 1 aromatic heterocycles. The topological polar surface area (TPSA) is 36.1 Å². The second-order valence-electron chi connectivity index (χ2n) is 4.91. The first-order valence-electron chi connectivity index (χ1n) is 6.56. The summed E-state index contributed by atoms with van der Waals surface area (Å²) in [4.78, 5) is 17.5. The molecular weight excluding hydrogens is 323 g/mol. The first kappa shape index (κ1) is 13.4. The summed E-state index contributed by atoms with van der Waals surface area (Å²) in [6.45, 7) is 0.661. The van der Waals surface area contributed by atoms with Gasteiger partial charge in [0.2, 0.25) is 0 Å². The van der Waals surface area contributed by atoms with E-state index in [1.807, 2.05) is 18.3 Å². The Morgan fingerprint density at radius 2 is 2.25 bits per heavy atom. The number of carbonyl (C=O) groups excluding carboxylic acids is 1. The highest BCUT2D eigenvalue weighted by Crippen LogP contribution is 2.32. The van der Waals surface area contributed by atoms with Crippen molar-refractivity contribution in [1.82, 2.24) is 9.88 Å². The minimum Gasteiger partial charge on any atom is -0.363 e. The third-order valence-electron chi connectivity index (χ3n) is 3.65. The van der Waals surface area contributed by atoms with E-state index < -0.39 is 5.82 Å². The number of aromatic amines is 1. The molecule has 0 bridgehead atoms. The standard InChI is InChI=1S/C15H14BrFN2O/c16-10-5-6-12(17)11(9-10)15(20)19-8-2-4-14(19)13-3-1-7-18-13/h1,3,5-7,9,14,18H,2,4,8H2/t14-/m1/s1. The molecule has 1 N–H and O–H groups in total. The van der Waals surface area contributed by atoms with Gasteiger partial charge in [-0.25, -0.2) is 4.39 Å². The van der Waals surface area contributed by atoms with Crippen LogP contribution in [0, 0.1) is 5.82 Å². The van der Waals surface area contributed by atoms with Crippen LogP contribution in [-0.4, -0.2) is 22.3 Å². The third-order valence-corrected chi connectivity index (χ3v) is 4.15. The molecule has 2 heterocycles. The summed E-state index contributed by atoms with van der Waals surface area (Å²) in [5, 5.41) is 0. The van der Waals surface area contributed by atoms with Crippen molar-refractivity contribution in [2.45, 2.75) is 18.9 Å². The summed E-state index contributed by atoms with van der Waals surface area (Å²) in [6.07, 6.45) is 3.68. The van der Waals surface area contributed by atoms with E-state index in [9.17, 15) is 9.18 Å². The Balaban J connectivity index is 1.91. The molecule has 1 amide bonds. The molecule has 1 aliphatic heterocycles. The lowest BCUT2D eigenvalue weighted by Crippen LogP contribution is -2.31. The third kappa shape index (κ3) is 2.38. The lowest BCUT2D eigenvalue weighted by molar-refractivity contribution is 0.0728. The van der Waals surface area contributed by atoms with Crippen molar-refractivity contribution in [1.29, 1.82) is 0 Å². The van der Waals surface area contributed by atoms with Gasteiger partial charge < -0.3 is 9.88 Å². The van der Waals surface area contributed by atoms with Gasteiger partial charge in [0, 0.05) is 22.9 Å². The maximum atomic E-state index is 13.9. The van der Waals surface area contributed by atoms with E-state index in [-0.39, 0.29) is 17.5 Å². The number of hydrogen-bond acceptors (Lipinski definition) is 1. The van der Waals surface area contributed by atoms with Crippen LogP contribution in [-0.2, 0) is 0 Å². The second kappa shape index (κ2) is 5.40. The van der Waals surface area contributed by atoms with Crippen LogP contribution in [0.1, 0.15) is 34.9 Å². The van der Waals surface area contributed by atoms with Gasteiger partial charge in [0.25, 0.3) is 5.91 Å². The van der Waals surface area contributed by atoms with E-state index in [2.05, 4.69) is 20.9 Å². The molecular formula is C15H14BrFN2O. The van der Waals surface area contributed by atoms with E-state index in [1.54, 1.807) is 17.0 Å². The van der Waals surface area contributed by atoms with Crippen molar-refractivity contribution >= 4 is 21.8 Å². The smallest absolute Gasteiger partial charge is 0.257 e. The van der Waals surface area contributed by atoms with Gasteiger partial charge >= 0.3 is 0 Å². The van der Waals surface area contributed by atoms with Crippen LogP contribution < -0.4 is 0 Å². The lowest BCUT2D eigenvalue weighted by Gasteiger charge is -2.24. The Hall–Kier alpha value is -1.62. The number of aromatic nitrogens is 1. The fourth-order valence-corrected chi connectivity index (χ4v) is 3.06. The quantitative estimate of drug-likeness (QED) is 0.887. The molecule has 3 nitrogen and oxygen atoms in total. The number of nitrogens with zero attached hydrogens (tertiary/aromatic N) is 1. The molecule has 104 valence electrons. The number of amides is 1. The number of nitrogens with one attached hydrogen (secondary N) is 1. The van der Waals surface area contributed by atoms with E-state index in [0.29, 0.717) is 11.0 Å². The van der Waals surface area contributed by atoms with Crippen LogP contribution in [0.15, 0.2) is 41.0 Å². The van der Waals surface area contributed by atoms with Gasteiger partial charge in [0.05, 0.1) is 11.6 Å². The zero-order chi connectivity index (χ0) is 14.1. The predicted molar refractivity (Wildman–Crippen MR) is 77.9 cm³/mol. The van der Waals surface area contributed by atoms with Gasteiger partial charge in [-0.2, -0.15) is 0 Å². The molecule has 0 unspecified atom stereocenters. The van der Waals surface area contributed by atoms with Gasteiger partial charge in [0.15, 0.2) is 0 Å². The number of H-pyrrole nitrogens is 1. The maximum absolute atomic E-state index is 13.9. The fourth-order valence-electron chi connectivity index (χ4n) is 2.70. The summed E-state index contributed by atoms with van der Waals surface area (Å²) >= 11 is 3.28. The number of rotatable bonds is 2. The van der Waals surface area contributed by atoms with Crippen LogP contribution in [0.25, 0.3) is 0 Å². The molecule has 1 saturated heterocycles. The largest absolute Gasteiger partial charge is 0.363 e. The zero-order valence-corrected chi connectivity index (χ0v) is 12.4. The first-order chi connectivity index (χ1) is 9.66. The molecule has 2 aromatic rings. The fraction of sp³-hybridized carbons (Fsp3) is 0.267. The molecule has 0 aliphatic carbocycles. The summed E-state index contributed by atoms with van der Waals surface area (Å²) in [6, 6.07) is 8.34. The SMILES string of the molecule is O=C(c1cc(Br)ccc1F)N1CCC[C@@H]1c1ccc[nH]1. The predicted octanol–water partition coefficient (Wildman–Crippen LogP) is 3.89. The van der Waals surface area contributed by atoms with E-state index >= 15 is 0 Å². The highest BCUT2D eigenvalue weighted by atomic mass is 79.9. The Labute approximate surface area is 124 Å². The zero-order valence-electron chi connectivity index (χ0n) is 10.8. The average Bonchev–Trinajstić information content (AvgIpc) is 3.10. The minimum absolute atomic E-state index is 0.0101. The summed E-state index contributed by atoms with van der Waals surface area (Å²) in [5.74, 6) is -0.726. The number of benzene rings is 1. The van der Waals surface area contributed by atoms with E-state index in [1.165, 1.54) is 6.07 Å². The Morgan fingerprint density at radius 1 is 1.40 bits per heavy atom. The van der Waals surface area contributed by atoms with Gasteiger partial charge in [0.1, 0.15) is 5.82 Å². The summed E-state index contributed by atoms with van der Waals surface area (Å²) < 4.78 is 14.6. The number of hydrogen-bond donors (Lipinski definition) is 1. The monoisotopic (exact) mass is 336 g/mol. The molecule has 0 radical (unpaired) electrons. The van der Waals surface area contributed by atoms with Crippen molar-refractivity contribution in [2.24, 2.45) is 0 Å². The van der Waals surface area contributed by atoms with Crippen molar-refractivity contribution in [3.05, 3.63) is 58.1 Å². The van der Waals surface area contributed by atoms with E-state index in [0.717, 1.165) is 18.5 Å². The summed E-state index contributed by atoms with van der Waals surface area (Å²) in [5.41, 5.74) is 1.13. The van der Waals surface area contributed by atoms with Crippen LogP contribution in [0.5, 0.6) is 0 Å². The summed E-state index contributed by atoms with van der Waals surface area (Å²) in [7, 11) is 0. The van der Waals surface area contributed by atoms with Crippen LogP contribution in [0.3, 0.4) is 0 Å². The van der Waals surface area contributed by atoms with Crippen LogP contribution >= 0.6 is 15.9 Å². The van der Waals surface area contributed by atoms with Crippen LogP contribution in [0.2, 0.25) is 0 Å². The first-order valence-corrected chi connectivity index (χ1v) is 7.35. The molecule has 0 spiro atoms. The van der Waals surface area contributed by atoms with Gasteiger partial charge in [-0.1, -0.05) is 15.9 Å². The van der Waals surface area contributed by atoms with Crippen molar-refractivity contribution in [3.8, 4) is 0 Å². The van der Waals surface area contributed by atoms with Gasteiger partial charge in [-0.15, -0.1) is 0 Å².